The van der Waals surface area contributed by atoms with Gasteiger partial charge < -0.3 is 25.0 Å². The zero-order valence-corrected chi connectivity index (χ0v) is 23.9. The van der Waals surface area contributed by atoms with E-state index in [1.54, 1.807) is 19.1 Å². The summed E-state index contributed by atoms with van der Waals surface area (Å²) in [6.45, 7) is 9.75. The summed E-state index contributed by atoms with van der Waals surface area (Å²) in [5, 5.41) is 28.5. The summed E-state index contributed by atoms with van der Waals surface area (Å²) < 4.78 is 12.0. The van der Waals surface area contributed by atoms with Crippen LogP contribution in [-0.4, -0.2) is 69.6 Å². The Bertz CT molecular complexity index is 1070. The number of nitrogens with zero attached hydrogens (tertiary/aromatic N) is 1. The number of epoxide rings is 1. The number of hydrogen-bond acceptors (Lipinski definition) is 8. The molecule has 2 saturated heterocycles. The van der Waals surface area contributed by atoms with Crippen molar-refractivity contribution in [3.8, 4) is 0 Å². The molecular formula is C28H39ClN2O6S. The van der Waals surface area contributed by atoms with Gasteiger partial charge in [0.05, 0.1) is 64.5 Å². The van der Waals surface area contributed by atoms with Crippen molar-refractivity contribution in [2.45, 2.75) is 102 Å². The minimum atomic E-state index is -1.18. The van der Waals surface area contributed by atoms with Crippen LogP contribution >= 0.6 is 22.9 Å². The minimum absolute atomic E-state index is 0.151. The van der Waals surface area contributed by atoms with Crippen LogP contribution in [-0.2, 0) is 19.1 Å². The lowest BCUT2D eigenvalue weighted by Crippen LogP contribution is -2.55. The Labute approximate surface area is 233 Å². The smallest absolute Gasteiger partial charge is 0.223 e. The largest absolute Gasteiger partial charge is 0.392 e. The maximum absolute atomic E-state index is 13.8. The Morgan fingerprint density at radius 2 is 2.08 bits per heavy atom. The first-order valence-electron chi connectivity index (χ1n) is 13.4. The number of amides is 1. The molecule has 3 aliphatic rings. The van der Waals surface area contributed by atoms with Crippen LogP contribution in [0.1, 0.15) is 69.5 Å². The molecule has 0 aromatic carbocycles. The number of carbonyl (C=O) groups is 2. The van der Waals surface area contributed by atoms with Crippen LogP contribution in [0.15, 0.2) is 23.1 Å². The van der Waals surface area contributed by atoms with Crippen molar-refractivity contribution in [2.75, 3.05) is 6.61 Å². The van der Waals surface area contributed by atoms with Gasteiger partial charge in [0.1, 0.15) is 5.78 Å². The number of ether oxygens (including phenoxy) is 2. The fourth-order valence-electron chi connectivity index (χ4n) is 5.70. The summed E-state index contributed by atoms with van der Waals surface area (Å²) in [7, 11) is 0. The van der Waals surface area contributed by atoms with Crippen LogP contribution in [0, 0.1) is 18.3 Å². The molecule has 3 N–H and O–H groups in total. The van der Waals surface area contributed by atoms with E-state index in [9.17, 15) is 19.8 Å². The normalized spacial score (nSPS) is 36.7. The van der Waals surface area contributed by atoms with E-state index < -0.39 is 47.2 Å². The molecule has 10 heteroatoms. The number of hydrogen-bond donors (Lipinski definition) is 3. The second kappa shape index (κ2) is 11.9. The Hall–Kier alpha value is -1.62. The van der Waals surface area contributed by atoms with Gasteiger partial charge in [-0.05, 0) is 46.1 Å². The molecule has 4 rings (SSSR count). The molecule has 1 aromatic rings. The molecule has 1 amide bonds. The molecule has 38 heavy (non-hydrogen) atoms. The summed E-state index contributed by atoms with van der Waals surface area (Å²) in [6, 6.07) is -0.540. The van der Waals surface area contributed by atoms with E-state index >= 15 is 0 Å². The van der Waals surface area contributed by atoms with E-state index in [2.05, 4.69) is 16.9 Å². The molecule has 1 saturated carbocycles. The van der Waals surface area contributed by atoms with Gasteiger partial charge in [0, 0.05) is 29.9 Å². The van der Waals surface area contributed by atoms with Crippen LogP contribution in [0.2, 0.25) is 0 Å². The number of aliphatic hydroxyl groups excluding tert-OH is 2. The number of carbonyl (C=O) groups excluding carboxylic acids is 2. The van der Waals surface area contributed by atoms with Crippen LogP contribution in [0.3, 0.4) is 0 Å². The molecule has 0 bridgehead atoms. The average molecular weight is 567 g/mol. The number of Topliss-reactive ketones (excluding diaryl/α,β-unsaturated/α-hetero) is 1. The van der Waals surface area contributed by atoms with Gasteiger partial charge in [0.15, 0.2) is 0 Å². The number of ketones is 1. The number of fused-ring (bicyclic) bond motifs is 1. The molecular weight excluding hydrogens is 528 g/mol. The maximum atomic E-state index is 13.8. The lowest BCUT2D eigenvalue weighted by Gasteiger charge is -2.46. The molecule has 210 valence electrons. The lowest BCUT2D eigenvalue weighted by molar-refractivity contribution is -0.158. The third-order valence-corrected chi connectivity index (χ3v) is 9.62. The number of thiazole rings is 1. The third-order valence-electron chi connectivity index (χ3n) is 8.46. The van der Waals surface area contributed by atoms with Gasteiger partial charge in [-0.25, -0.2) is 4.98 Å². The van der Waals surface area contributed by atoms with Crippen LogP contribution < -0.4 is 5.32 Å². The first-order valence-corrected chi connectivity index (χ1v) is 14.6. The van der Waals surface area contributed by atoms with E-state index in [0.29, 0.717) is 43.0 Å². The zero-order valence-electron chi connectivity index (χ0n) is 22.3. The van der Waals surface area contributed by atoms with Crippen molar-refractivity contribution in [1.82, 2.24) is 10.3 Å². The van der Waals surface area contributed by atoms with E-state index in [1.807, 2.05) is 19.2 Å². The average Bonchev–Trinajstić information content (AvgIpc) is 3.26. The van der Waals surface area contributed by atoms with Crippen LogP contribution in [0.5, 0.6) is 0 Å². The highest BCUT2D eigenvalue weighted by Crippen LogP contribution is 2.49. The fraction of sp³-hybridized carbons (Fsp3) is 0.679. The van der Waals surface area contributed by atoms with E-state index in [4.69, 9.17) is 21.1 Å². The highest BCUT2D eigenvalue weighted by atomic mass is 35.5. The van der Waals surface area contributed by atoms with Gasteiger partial charge in [-0.15, -0.1) is 17.9 Å². The maximum Gasteiger partial charge on any atom is 0.223 e. The quantitative estimate of drug-likeness (QED) is 0.373. The van der Waals surface area contributed by atoms with E-state index in [0.717, 1.165) is 11.4 Å². The van der Waals surface area contributed by atoms with Gasteiger partial charge in [0.2, 0.25) is 5.91 Å². The Morgan fingerprint density at radius 1 is 1.34 bits per heavy atom. The number of aliphatic hydroxyl groups is 2. The summed E-state index contributed by atoms with van der Waals surface area (Å²) in [6.07, 6.45) is 3.13. The van der Waals surface area contributed by atoms with Crippen molar-refractivity contribution in [3.05, 3.63) is 33.8 Å². The highest BCUT2D eigenvalue weighted by molar-refractivity contribution is 7.09. The van der Waals surface area contributed by atoms with E-state index in [1.165, 1.54) is 11.3 Å². The van der Waals surface area contributed by atoms with Crippen molar-refractivity contribution in [3.63, 3.8) is 0 Å². The monoisotopic (exact) mass is 566 g/mol. The van der Waals surface area contributed by atoms with Crippen LogP contribution in [0.25, 0.3) is 6.08 Å². The second-order valence-corrected chi connectivity index (χ2v) is 12.6. The SMILES string of the molecule is C=CC[C@H]1C(=O)C2(CCC2)[C@@H](O)CC(=O)N[C@H](C(Cl)=Cc2csc(C)n2)C[C@@H]2O[C@]2(C)CCO[C@H](C)[C@H]1O. The minimum Gasteiger partial charge on any atom is -0.392 e. The zero-order chi connectivity index (χ0) is 27.7. The first kappa shape index (κ1) is 29.4. The molecule has 0 radical (unpaired) electrons. The number of aromatic nitrogens is 1. The summed E-state index contributed by atoms with van der Waals surface area (Å²) in [4.78, 5) is 31.4. The lowest BCUT2D eigenvalue weighted by atomic mass is 9.58. The predicted octanol–water partition coefficient (Wildman–Crippen LogP) is 3.92. The number of allylic oxidation sites excluding steroid dienone is 1. The topological polar surface area (TPSA) is 121 Å². The number of nitrogens with one attached hydrogen (secondary N) is 1. The molecule has 3 heterocycles. The molecule has 8 nitrogen and oxygen atoms in total. The van der Waals surface area contributed by atoms with Gasteiger partial charge in [-0.3, -0.25) is 9.59 Å². The van der Waals surface area contributed by atoms with E-state index in [-0.39, 0.29) is 24.7 Å². The predicted molar refractivity (Wildman–Crippen MR) is 147 cm³/mol. The van der Waals surface area contributed by atoms with Crippen molar-refractivity contribution in [2.24, 2.45) is 11.3 Å². The summed E-state index contributed by atoms with van der Waals surface area (Å²) in [5.41, 5.74) is -0.814. The molecule has 7 atom stereocenters. The molecule has 3 fully saturated rings. The van der Waals surface area contributed by atoms with Crippen molar-refractivity contribution < 1.29 is 29.3 Å². The number of rotatable bonds is 4. The standard InChI is InChI=1S/C28H39ClN2O6S/c1-5-7-19-25(34)16(2)36-11-10-27(4)23(37-27)13-21(20(29)12-18-15-38-17(3)30-18)31-24(33)14-22(32)28(26(19)35)8-6-9-28/h5,12,15-16,19,21-23,25,32,34H,1,6-11,13-14H2,2-4H3,(H,31,33)/t16-,19-,21+,22+,23+,25-,27-/m1/s1. The molecule has 1 spiro atoms. The number of halogens is 1. The number of aryl methyl sites for hydroxylation is 1. The van der Waals surface area contributed by atoms with Crippen LogP contribution in [0.4, 0.5) is 0 Å². The molecule has 1 aromatic heterocycles. The van der Waals surface area contributed by atoms with Gasteiger partial charge in [-0.1, -0.05) is 24.1 Å². The first-order chi connectivity index (χ1) is 18.0. The molecule has 2 aliphatic heterocycles. The third kappa shape index (κ3) is 6.24. The van der Waals surface area contributed by atoms with Gasteiger partial charge in [0.25, 0.3) is 0 Å². The second-order valence-electron chi connectivity index (χ2n) is 11.1. The summed E-state index contributed by atoms with van der Waals surface area (Å²) in [5.74, 6) is -1.40. The molecule has 1 aliphatic carbocycles. The Morgan fingerprint density at radius 3 is 2.68 bits per heavy atom. The highest BCUT2D eigenvalue weighted by Gasteiger charge is 2.55. The summed E-state index contributed by atoms with van der Waals surface area (Å²) >= 11 is 8.23. The Balaban J connectivity index is 1.60. The molecule has 0 unspecified atom stereocenters. The van der Waals surface area contributed by atoms with Gasteiger partial charge >= 0.3 is 0 Å². The van der Waals surface area contributed by atoms with Crippen molar-refractivity contribution >= 4 is 40.7 Å². The van der Waals surface area contributed by atoms with Crippen molar-refractivity contribution in [1.29, 1.82) is 0 Å². The Kier molecular flexibility index (Phi) is 9.17. The fourth-order valence-corrected chi connectivity index (χ4v) is 6.53. The van der Waals surface area contributed by atoms with Gasteiger partial charge in [-0.2, -0.15) is 0 Å².